The monoisotopic (exact) mass is 294 g/mol. The van der Waals surface area contributed by atoms with Gasteiger partial charge in [-0.25, -0.2) is 4.79 Å². The normalized spacial score (nSPS) is 14.0. The summed E-state index contributed by atoms with van der Waals surface area (Å²) in [6.07, 6.45) is 7.33. The molecule has 1 saturated heterocycles. The first kappa shape index (κ1) is 16.7. The third-order valence-corrected chi connectivity index (χ3v) is 2.84. The van der Waals surface area contributed by atoms with Crippen LogP contribution in [0.15, 0.2) is 0 Å². The standard InChI is InChI=1S/C14H18N2O5/c1-2-6-11(17)15-10-5-3-4-7-14(20)21-16-12(18)8-9-13(16)19/h1H,3-10H2,(H,15,17). The molecular weight excluding hydrogens is 276 g/mol. The molecule has 3 amide bonds. The molecule has 0 aromatic carbocycles. The van der Waals surface area contributed by atoms with E-state index in [4.69, 9.17) is 11.3 Å². The first-order valence-corrected chi connectivity index (χ1v) is 6.81. The molecular formula is C14H18N2O5. The van der Waals surface area contributed by atoms with Crippen LogP contribution in [0.5, 0.6) is 0 Å². The van der Waals surface area contributed by atoms with Crippen LogP contribution in [-0.2, 0) is 24.0 Å². The first-order chi connectivity index (χ1) is 10.0. The minimum Gasteiger partial charge on any atom is -0.355 e. The van der Waals surface area contributed by atoms with Gasteiger partial charge in [-0.2, -0.15) is 0 Å². The van der Waals surface area contributed by atoms with Crippen molar-refractivity contribution in [1.82, 2.24) is 10.4 Å². The molecule has 0 aromatic rings. The van der Waals surface area contributed by atoms with E-state index in [-0.39, 0.29) is 31.6 Å². The van der Waals surface area contributed by atoms with Crippen LogP contribution < -0.4 is 5.32 Å². The third-order valence-electron chi connectivity index (χ3n) is 2.84. The van der Waals surface area contributed by atoms with E-state index in [2.05, 4.69) is 11.2 Å². The highest BCUT2D eigenvalue weighted by molar-refractivity contribution is 6.01. The van der Waals surface area contributed by atoms with Gasteiger partial charge in [0, 0.05) is 25.8 Å². The third kappa shape index (κ3) is 6.08. The fourth-order valence-corrected chi connectivity index (χ4v) is 1.76. The summed E-state index contributed by atoms with van der Waals surface area (Å²) in [5.74, 6) is 0.486. The first-order valence-electron chi connectivity index (χ1n) is 6.81. The number of imide groups is 1. The van der Waals surface area contributed by atoms with Crippen LogP contribution in [0.2, 0.25) is 0 Å². The highest BCUT2D eigenvalue weighted by Gasteiger charge is 2.32. The average molecular weight is 294 g/mol. The Labute approximate surface area is 123 Å². The number of rotatable bonds is 8. The van der Waals surface area contributed by atoms with Gasteiger partial charge in [0.15, 0.2) is 0 Å². The Balaban J connectivity index is 2.06. The number of carbonyl (C=O) groups excluding carboxylic acids is 4. The van der Waals surface area contributed by atoms with Gasteiger partial charge in [-0.1, -0.05) is 12.3 Å². The molecule has 7 nitrogen and oxygen atoms in total. The number of amides is 3. The van der Waals surface area contributed by atoms with E-state index in [1.54, 1.807) is 0 Å². The summed E-state index contributed by atoms with van der Waals surface area (Å²) in [5.41, 5.74) is 0. The van der Waals surface area contributed by atoms with Crippen LogP contribution >= 0.6 is 0 Å². The Morgan fingerprint density at radius 1 is 1.19 bits per heavy atom. The topological polar surface area (TPSA) is 92.8 Å². The number of hydroxylamine groups is 2. The van der Waals surface area contributed by atoms with Gasteiger partial charge in [-0.15, -0.1) is 11.5 Å². The van der Waals surface area contributed by atoms with Crippen LogP contribution in [0.1, 0.15) is 44.9 Å². The lowest BCUT2D eigenvalue weighted by Crippen LogP contribution is -2.31. The van der Waals surface area contributed by atoms with Crippen molar-refractivity contribution in [3.63, 3.8) is 0 Å². The van der Waals surface area contributed by atoms with E-state index in [0.29, 0.717) is 30.9 Å². The smallest absolute Gasteiger partial charge is 0.333 e. The molecule has 0 spiro atoms. The quantitative estimate of drug-likeness (QED) is 0.395. The van der Waals surface area contributed by atoms with Crippen LogP contribution in [0.4, 0.5) is 0 Å². The molecule has 1 aliphatic heterocycles. The molecule has 0 saturated carbocycles. The summed E-state index contributed by atoms with van der Waals surface area (Å²) in [5, 5.41) is 3.19. The molecule has 1 heterocycles. The lowest BCUT2D eigenvalue weighted by atomic mass is 10.2. The molecule has 0 aromatic heterocycles. The van der Waals surface area contributed by atoms with Crippen LogP contribution in [0.25, 0.3) is 0 Å². The maximum atomic E-state index is 11.5. The van der Waals surface area contributed by atoms with Crippen molar-refractivity contribution in [3.05, 3.63) is 0 Å². The summed E-state index contributed by atoms with van der Waals surface area (Å²) < 4.78 is 0. The number of carbonyl (C=O) groups is 4. The van der Waals surface area contributed by atoms with Crippen LogP contribution in [0.3, 0.4) is 0 Å². The molecule has 0 atom stereocenters. The Hall–Kier alpha value is -2.36. The number of hydrogen-bond donors (Lipinski definition) is 1. The van der Waals surface area contributed by atoms with Gasteiger partial charge in [0.2, 0.25) is 5.91 Å². The number of nitrogens with zero attached hydrogens (tertiary/aromatic N) is 1. The van der Waals surface area contributed by atoms with Crippen molar-refractivity contribution in [2.45, 2.75) is 44.9 Å². The second-order valence-electron chi connectivity index (χ2n) is 4.59. The molecule has 0 aliphatic carbocycles. The molecule has 1 N–H and O–H groups in total. The zero-order chi connectivity index (χ0) is 15.7. The number of terminal acetylenes is 1. The summed E-state index contributed by atoms with van der Waals surface area (Å²) in [6, 6.07) is 0. The maximum absolute atomic E-state index is 11.5. The largest absolute Gasteiger partial charge is 0.355 e. The Morgan fingerprint density at radius 3 is 2.48 bits per heavy atom. The fraction of sp³-hybridized carbons (Fsp3) is 0.571. The maximum Gasteiger partial charge on any atom is 0.333 e. The zero-order valence-electron chi connectivity index (χ0n) is 11.7. The summed E-state index contributed by atoms with van der Waals surface area (Å²) in [6.45, 7) is 0.499. The summed E-state index contributed by atoms with van der Waals surface area (Å²) in [4.78, 5) is 49.7. The highest BCUT2D eigenvalue weighted by atomic mass is 16.7. The van der Waals surface area contributed by atoms with Gasteiger partial charge in [-0.05, 0) is 12.8 Å². The molecule has 114 valence electrons. The number of nitrogens with one attached hydrogen (secondary N) is 1. The van der Waals surface area contributed by atoms with Crippen molar-refractivity contribution in [2.24, 2.45) is 0 Å². The van der Waals surface area contributed by atoms with Crippen molar-refractivity contribution < 1.29 is 24.0 Å². The van der Waals surface area contributed by atoms with Crippen LogP contribution in [-0.4, -0.2) is 35.3 Å². The lowest BCUT2D eigenvalue weighted by Gasteiger charge is -2.12. The predicted octanol–water partition coefficient (Wildman–Crippen LogP) is 0.294. The molecule has 0 radical (unpaired) electrons. The van der Waals surface area contributed by atoms with Crippen LogP contribution in [0, 0.1) is 12.3 Å². The van der Waals surface area contributed by atoms with Crippen molar-refractivity contribution in [1.29, 1.82) is 0 Å². The molecule has 7 heteroatoms. The van der Waals surface area contributed by atoms with Gasteiger partial charge in [-0.3, -0.25) is 14.4 Å². The number of unbranched alkanes of at least 4 members (excludes halogenated alkanes) is 2. The molecule has 0 bridgehead atoms. The molecule has 21 heavy (non-hydrogen) atoms. The van der Waals surface area contributed by atoms with E-state index >= 15 is 0 Å². The van der Waals surface area contributed by atoms with E-state index in [9.17, 15) is 19.2 Å². The minimum absolute atomic E-state index is 0.0597. The van der Waals surface area contributed by atoms with E-state index in [1.165, 1.54) is 0 Å². The summed E-state index contributed by atoms with van der Waals surface area (Å²) >= 11 is 0. The zero-order valence-corrected chi connectivity index (χ0v) is 11.7. The SMILES string of the molecule is C#CCC(=O)NCCCCCC(=O)ON1C(=O)CCC1=O. The van der Waals surface area contributed by atoms with Crippen molar-refractivity contribution in [3.8, 4) is 12.3 Å². The second-order valence-corrected chi connectivity index (χ2v) is 4.59. The van der Waals surface area contributed by atoms with Gasteiger partial charge in [0.1, 0.15) is 0 Å². The van der Waals surface area contributed by atoms with Gasteiger partial charge in [0.05, 0.1) is 6.42 Å². The molecule has 1 fully saturated rings. The van der Waals surface area contributed by atoms with Crippen molar-refractivity contribution in [2.75, 3.05) is 6.54 Å². The predicted molar refractivity (Wildman–Crippen MR) is 72.1 cm³/mol. The Kier molecular flexibility index (Phi) is 6.95. The van der Waals surface area contributed by atoms with E-state index < -0.39 is 17.8 Å². The van der Waals surface area contributed by atoms with Crippen molar-refractivity contribution >= 4 is 23.7 Å². The summed E-state index contributed by atoms with van der Waals surface area (Å²) in [7, 11) is 0. The Bertz CT molecular complexity index is 450. The fourth-order valence-electron chi connectivity index (χ4n) is 1.76. The molecule has 1 aliphatic rings. The van der Waals surface area contributed by atoms with E-state index in [0.717, 1.165) is 0 Å². The molecule has 1 rings (SSSR count). The van der Waals surface area contributed by atoms with E-state index in [1.807, 2.05) is 0 Å². The van der Waals surface area contributed by atoms with Gasteiger partial charge in [0.25, 0.3) is 11.8 Å². The number of hydrogen-bond acceptors (Lipinski definition) is 5. The minimum atomic E-state index is -0.602. The Morgan fingerprint density at radius 2 is 1.86 bits per heavy atom. The molecule has 0 unspecified atom stereocenters. The highest BCUT2D eigenvalue weighted by Crippen LogP contribution is 2.13. The lowest BCUT2D eigenvalue weighted by molar-refractivity contribution is -0.197. The van der Waals surface area contributed by atoms with Gasteiger partial charge >= 0.3 is 5.97 Å². The second kappa shape index (κ2) is 8.74. The van der Waals surface area contributed by atoms with Gasteiger partial charge < -0.3 is 10.2 Å². The average Bonchev–Trinajstić information content (AvgIpc) is 2.75.